The highest BCUT2D eigenvalue weighted by Gasteiger charge is 2.11. The third kappa shape index (κ3) is 5.42. The molecule has 29 heavy (non-hydrogen) atoms. The number of aromatic nitrogens is 3. The van der Waals surface area contributed by atoms with Gasteiger partial charge in [-0.1, -0.05) is 30.3 Å². The summed E-state index contributed by atoms with van der Waals surface area (Å²) >= 11 is 4.99. The van der Waals surface area contributed by atoms with Crippen LogP contribution in [0.2, 0.25) is 0 Å². The summed E-state index contributed by atoms with van der Waals surface area (Å²) in [5.74, 6) is 2.85. The third-order valence-electron chi connectivity index (χ3n) is 4.10. The monoisotopic (exact) mass is 470 g/mol. The lowest BCUT2D eigenvalue weighted by atomic mass is 10.2. The number of rotatable bonds is 8. The van der Waals surface area contributed by atoms with Gasteiger partial charge in [-0.15, -0.1) is 11.3 Å². The summed E-state index contributed by atoms with van der Waals surface area (Å²) in [6, 6.07) is 11.9. The molecule has 4 aromatic rings. The molecule has 4 rings (SSSR count). The van der Waals surface area contributed by atoms with Gasteiger partial charge in [-0.25, -0.2) is 15.0 Å². The molecule has 0 aliphatic carbocycles. The van der Waals surface area contributed by atoms with Gasteiger partial charge in [0.1, 0.15) is 12.4 Å². The zero-order chi connectivity index (χ0) is 20.1. The number of pyridine rings is 1. The van der Waals surface area contributed by atoms with Gasteiger partial charge in [0.2, 0.25) is 0 Å². The zero-order valence-electron chi connectivity index (χ0n) is 15.8. The lowest BCUT2D eigenvalue weighted by Gasteiger charge is -2.11. The molecule has 0 bridgehead atoms. The Labute approximate surface area is 181 Å². The van der Waals surface area contributed by atoms with Crippen molar-refractivity contribution in [2.24, 2.45) is 0 Å². The van der Waals surface area contributed by atoms with E-state index in [1.54, 1.807) is 12.4 Å². The summed E-state index contributed by atoms with van der Waals surface area (Å²) in [7, 11) is 0. The van der Waals surface area contributed by atoms with Gasteiger partial charge in [0.15, 0.2) is 22.6 Å². The van der Waals surface area contributed by atoms with E-state index in [4.69, 9.17) is 9.15 Å². The van der Waals surface area contributed by atoms with Crippen molar-refractivity contribution in [3.8, 4) is 5.75 Å². The predicted octanol–water partition coefficient (Wildman–Crippen LogP) is 5.70. The minimum Gasteiger partial charge on any atom is -0.485 e. The molecule has 0 saturated carbocycles. The molecule has 0 saturated heterocycles. The lowest BCUT2D eigenvalue weighted by molar-refractivity contribution is 0.306. The predicted molar refractivity (Wildman–Crippen MR) is 117 cm³/mol. The van der Waals surface area contributed by atoms with Crippen LogP contribution in [0.5, 0.6) is 5.75 Å². The first kappa shape index (κ1) is 19.6. The standard InChI is InChI=1S/C21H19BrN4O2S/c1-14-10-23-19(28-14)8-7-17-13-29-21(25-17)26-20-18(9-16(22)11-24-20)27-12-15-5-3-2-4-6-15/h2-6,9-11,13H,7-8,12H2,1H3,(H,24,25,26). The van der Waals surface area contributed by atoms with Crippen molar-refractivity contribution in [1.82, 2.24) is 15.0 Å². The van der Waals surface area contributed by atoms with E-state index in [9.17, 15) is 0 Å². The summed E-state index contributed by atoms with van der Waals surface area (Å²) < 4.78 is 12.4. The van der Waals surface area contributed by atoms with Crippen LogP contribution >= 0.6 is 27.3 Å². The number of nitrogens with one attached hydrogen (secondary N) is 1. The number of ether oxygens (including phenoxy) is 1. The molecule has 1 aromatic carbocycles. The normalized spacial score (nSPS) is 10.8. The van der Waals surface area contributed by atoms with Crippen molar-refractivity contribution < 1.29 is 9.15 Å². The van der Waals surface area contributed by atoms with Gasteiger partial charge >= 0.3 is 0 Å². The Hall–Kier alpha value is -2.71. The number of benzene rings is 1. The molecule has 0 aliphatic rings. The molecule has 3 aromatic heterocycles. The van der Waals surface area contributed by atoms with Crippen LogP contribution in [0.1, 0.15) is 22.9 Å². The second kappa shape index (κ2) is 9.19. The molecular weight excluding hydrogens is 452 g/mol. The number of oxazole rings is 1. The second-order valence-corrected chi connectivity index (χ2v) is 8.18. The molecule has 0 unspecified atom stereocenters. The van der Waals surface area contributed by atoms with Gasteiger partial charge in [-0.3, -0.25) is 0 Å². The van der Waals surface area contributed by atoms with E-state index in [0.717, 1.165) is 45.4 Å². The van der Waals surface area contributed by atoms with Crippen molar-refractivity contribution >= 4 is 38.2 Å². The van der Waals surface area contributed by atoms with E-state index in [2.05, 4.69) is 36.2 Å². The maximum atomic E-state index is 5.99. The number of hydrogen-bond donors (Lipinski definition) is 1. The van der Waals surface area contributed by atoms with Crippen LogP contribution in [0.25, 0.3) is 0 Å². The van der Waals surface area contributed by atoms with Crippen LogP contribution in [-0.2, 0) is 19.4 Å². The molecule has 1 N–H and O–H groups in total. The first-order valence-electron chi connectivity index (χ1n) is 9.11. The van der Waals surface area contributed by atoms with Crippen molar-refractivity contribution in [1.29, 1.82) is 0 Å². The first-order valence-corrected chi connectivity index (χ1v) is 10.8. The van der Waals surface area contributed by atoms with Crippen LogP contribution in [0.3, 0.4) is 0 Å². The van der Waals surface area contributed by atoms with Gasteiger partial charge in [-0.2, -0.15) is 0 Å². The fraction of sp³-hybridized carbons (Fsp3) is 0.190. The second-order valence-electron chi connectivity index (χ2n) is 6.41. The number of nitrogens with zero attached hydrogens (tertiary/aromatic N) is 3. The van der Waals surface area contributed by atoms with E-state index in [1.165, 1.54) is 11.3 Å². The topological polar surface area (TPSA) is 73.1 Å². The molecule has 6 nitrogen and oxygen atoms in total. The average molecular weight is 471 g/mol. The van der Waals surface area contributed by atoms with E-state index < -0.39 is 0 Å². The fourth-order valence-electron chi connectivity index (χ4n) is 2.69. The summed E-state index contributed by atoms with van der Waals surface area (Å²) in [6.45, 7) is 2.36. The van der Waals surface area contributed by atoms with Gasteiger partial charge < -0.3 is 14.5 Å². The Balaban J connectivity index is 1.41. The minimum absolute atomic E-state index is 0.465. The van der Waals surface area contributed by atoms with Crippen molar-refractivity contribution in [2.75, 3.05) is 5.32 Å². The van der Waals surface area contributed by atoms with Gasteiger partial charge in [0, 0.05) is 22.5 Å². The fourth-order valence-corrected chi connectivity index (χ4v) is 3.75. The van der Waals surface area contributed by atoms with Crippen LogP contribution in [0, 0.1) is 6.92 Å². The molecule has 0 aliphatic heterocycles. The smallest absolute Gasteiger partial charge is 0.194 e. The van der Waals surface area contributed by atoms with Crippen molar-refractivity contribution in [3.05, 3.63) is 81.6 Å². The van der Waals surface area contributed by atoms with E-state index in [0.29, 0.717) is 18.2 Å². The summed E-state index contributed by atoms with van der Waals surface area (Å²) in [6.07, 6.45) is 4.96. The van der Waals surface area contributed by atoms with Gasteiger partial charge in [0.25, 0.3) is 0 Å². The van der Waals surface area contributed by atoms with E-state index in [-0.39, 0.29) is 0 Å². The Morgan fingerprint density at radius 2 is 2.00 bits per heavy atom. The number of halogens is 1. The quantitative estimate of drug-likeness (QED) is 0.355. The highest BCUT2D eigenvalue weighted by atomic mass is 79.9. The average Bonchev–Trinajstić information content (AvgIpc) is 3.36. The minimum atomic E-state index is 0.465. The first-order chi connectivity index (χ1) is 14.2. The highest BCUT2D eigenvalue weighted by Crippen LogP contribution is 2.30. The Kier molecular flexibility index (Phi) is 6.21. The molecule has 0 radical (unpaired) electrons. The SMILES string of the molecule is Cc1cnc(CCc2csc(Nc3ncc(Br)cc3OCc3ccccc3)n2)o1. The largest absolute Gasteiger partial charge is 0.485 e. The number of anilines is 2. The maximum absolute atomic E-state index is 5.99. The van der Waals surface area contributed by atoms with Crippen LogP contribution in [-0.4, -0.2) is 15.0 Å². The number of hydrogen-bond acceptors (Lipinski definition) is 7. The molecule has 8 heteroatoms. The third-order valence-corrected chi connectivity index (χ3v) is 5.34. The van der Waals surface area contributed by atoms with Crippen LogP contribution in [0.15, 0.2) is 63.1 Å². The Morgan fingerprint density at radius 1 is 1.14 bits per heavy atom. The zero-order valence-corrected chi connectivity index (χ0v) is 18.2. The van der Waals surface area contributed by atoms with Crippen molar-refractivity contribution in [2.45, 2.75) is 26.4 Å². The Morgan fingerprint density at radius 3 is 2.79 bits per heavy atom. The molecule has 0 spiro atoms. The van der Waals surface area contributed by atoms with Crippen LogP contribution < -0.4 is 10.1 Å². The highest BCUT2D eigenvalue weighted by molar-refractivity contribution is 9.10. The molecule has 3 heterocycles. The summed E-state index contributed by atoms with van der Waals surface area (Å²) in [5, 5.41) is 6.07. The summed E-state index contributed by atoms with van der Waals surface area (Å²) in [4.78, 5) is 13.3. The van der Waals surface area contributed by atoms with Crippen molar-refractivity contribution in [3.63, 3.8) is 0 Å². The van der Waals surface area contributed by atoms with Gasteiger partial charge in [0.05, 0.1) is 11.9 Å². The Bertz CT molecular complexity index is 1080. The maximum Gasteiger partial charge on any atom is 0.194 e. The lowest BCUT2D eigenvalue weighted by Crippen LogP contribution is -2.01. The van der Waals surface area contributed by atoms with Gasteiger partial charge in [-0.05, 0) is 40.9 Å². The molecule has 0 amide bonds. The number of aryl methyl sites for hydroxylation is 3. The molecule has 148 valence electrons. The van der Waals surface area contributed by atoms with E-state index >= 15 is 0 Å². The molecule has 0 atom stereocenters. The van der Waals surface area contributed by atoms with E-state index in [1.807, 2.05) is 48.7 Å². The molecule has 0 fully saturated rings. The summed E-state index contributed by atoms with van der Waals surface area (Å²) in [5.41, 5.74) is 2.08. The van der Waals surface area contributed by atoms with Crippen LogP contribution in [0.4, 0.5) is 10.9 Å². The number of thiazole rings is 1. The molecular formula is C21H19BrN4O2S.